The van der Waals surface area contributed by atoms with Crippen molar-refractivity contribution in [3.05, 3.63) is 23.8 Å². The molecule has 1 aromatic rings. The van der Waals surface area contributed by atoms with Crippen LogP contribution in [0.4, 0.5) is 0 Å². The number of ether oxygens (including phenoxy) is 3. The average molecular weight is 577 g/mol. The number of likely N-dealkylation sites (tertiary alicyclic amines) is 1. The van der Waals surface area contributed by atoms with Crippen LogP contribution < -0.4 is 20.1 Å². The zero-order valence-corrected chi connectivity index (χ0v) is 22.9. The monoisotopic (exact) mass is 576 g/mol. The number of unbranched alkanes of at least 4 members (excludes halogenated alkanes) is 3. The van der Waals surface area contributed by atoms with Gasteiger partial charge >= 0.3 is 5.97 Å². The van der Waals surface area contributed by atoms with Gasteiger partial charge in [-0.2, -0.15) is 0 Å². The predicted octanol–water partition coefficient (Wildman–Crippen LogP) is 3.57. The highest BCUT2D eigenvalue weighted by molar-refractivity contribution is 14.0. The van der Waals surface area contributed by atoms with Crippen molar-refractivity contribution in [2.75, 3.05) is 47.5 Å². The minimum Gasteiger partial charge on any atom is -0.497 e. The van der Waals surface area contributed by atoms with Gasteiger partial charge in [0.15, 0.2) is 5.96 Å². The minimum atomic E-state index is -0.127. The molecule has 2 rings (SSSR count). The van der Waals surface area contributed by atoms with Crippen LogP contribution in [-0.2, 0) is 16.1 Å². The van der Waals surface area contributed by atoms with Gasteiger partial charge < -0.3 is 24.8 Å². The van der Waals surface area contributed by atoms with E-state index in [9.17, 15) is 4.79 Å². The highest BCUT2D eigenvalue weighted by Gasteiger charge is 2.23. The number of hydrogen-bond acceptors (Lipinski definition) is 6. The van der Waals surface area contributed by atoms with Gasteiger partial charge in [0, 0.05) is 51.3 Å². The molecule has 0 aliphatic carbocycles. The van der Waals surface area contributed by atoms with Gasteiger partial charge in [-0.15, -0.1) is 24.0 Å². The van der Waals surface area contributed by atoms with Crippen LogP contribution in [0.5, 0.6) is 11.5 Å². The maximum atomic E-state index is 11.1. The lowest BCUT2D eigenvalue weighted by Crippen LogP contribution is -2.44. The molecule has 0 aromatic heterocycles. The van der Waals surface area contributed by atoms with E-state index in [1.807, 2.05) is 6.07 Å². The molecule has 0 amide bonds. The van der Waals surface area contributed by atoms with E-state index in [1.165, 1.54) is 12.7 Å². The molecule has 9 heteroatoms. The highest BCUT2D eigenvalue weighted by atomic mass is 127. The van der Waals surface area contributed by atoms with E-state index in [0.29, 0.717) is 12.5 Å². The summed E-state index contributed by atoms with van der Waals surface area (Å²) < 4.78 is 15.5. The molecule has 1 heterocycles. The summed E-state index contributed by atoms with van der Waals surface area (Å²) in [4.78, 5) is 18.3. The Labute approximate surface area is 215 Å². The van der Waals surface area contributed by atoms with Gasteiger partial charge in [0.1, 0.15) is 11.5 Å². The van der Waals surface area contributed by atoms with Crippen LogP contribution in [0.15, 0.2) is 23.2 Å². The van der Waals surface area contributed by atoms with Crippen molar-refractivity contribution in [2.24, 2.45) is 4.99 Å². The summed E-state index contributed by atoms with van der Waals surface area (Å²) in [6.07, 6.45) is 5.59. The molecule has 0 radical (unpaired) electrons. The lowest BCUT2D eigenvalue weighted by molar-refractivity contribution is -0.140. The first-order valence-corrected chi connectivity index (χ1v) is 11.6. The number of rotatable bonds is 13. The molecule has 0 bridgehead atoms. The molecule has 0 saturated carbocycles. The van der Waals surface area contributed by atoms with Crippen molar-refractivity contribution < 1.29 is 19.0 Å². The third kappa shape index (κ3) is 11.3. The Morgan fingerprint density at radius 3 is 2.42 bits per heavy atom. The van der Waals surface area contributed by atoms with Gasteiger partial charge in [0.2, 0.25) is 0 Å². The molecule has 1 unspecified atom stereocenters. The lowest BCUT2D eigenvalue weighted by atomic mass is 10.1. The summed E-state index contributed by atoms with van der Waals surface area (Å²) in [6.45, 7) is 6.58. The van der Waals surface area contributed by atoms with Gasteiger partial charge in [-0.3, -0.25) is 14.7 Å². The summed E-state index contributed by atoms with van der Waals surface area (Å²) >= 11 is 0. The summed E-state index contributed by atoms with van der Waals surface area (Å²) in [6, 6.07) is 6.41. The van der Waals surface area contributed by atoms with E-state index in [0.717, 1.165) is 82.3 Å². The zero-order chi connectivity index (χ0) is 23.2. The van der Waals surface area contributed by atoms with Crippen LogP contribution in [-0.4, -0.2) is 70.4 Å². The third-order valence-electron chi connectivity index (χ3n) is 5.56. The summed E-state index contributed by atoms with van der Waals surface area (Å²) in [5, 5.41) is 6.94. The third-order valence-corrected chi connectivity index (χ3v) is 5.56. The van der Waals surface area contributed by atoms with E-state index in [4.69, 9.17) is 14.5 Å². The lowest BCUT2D eigenvalue weighted by Gasteiger charge is -2.19. The number of methoxy groups -OCH3 is 3. The van der Waals surface area contributed by atoms with Gasteiger partial charge in [-0.1, -0.05) is 12.8 Å². The second kappa shape index (κ2) is 16.8. The van der Waals surface area contributed by atoms with Crippen LogP contribution in [0, 0.1) is 0 Å². The Balaban J connectivity index is 0.00000544. The number of halogens is 1. The average Bonchev–Trinajstić information content (AvgIpc) is 3.24. The Bertz CT molecular complexity index is 710. The molecule has 1 atom stereocenters. The van der Waals surface area contributed by atoms with Gasteiger partial charge in [0.25, 0.3) is 0 Å². The van der Waals surface area contributed by atoms with Crippen molar-refractivity contribution in [2.45, 2.75) is 58.0 Å². The molecular formula is C24H41IN4O4. The molecule has 33 heavy (non-hydrogen) atoms. The number of carbonyl (C=O) groups excluding carboxylic acids is 1. The zero-order valence-electron chi connectivity index (χ0n) is 20.5. The standard InChI is InChI=1S/C24H40N4O4.HI/c1-5-25-24(26-12-9-7-6-8-10-23(29)32-4)27-20-11-13-28(18-20)17-19-14-21(30-2)16-22(15-19)31-3;/h14-16,20H,5-13,17-18H2,1-4H3,(H2,25,26,27);1H. The second-order valence-electron chi connectivity index (χ2n) is 8.09. The van der Waals surface area contributed by atoms with Crippen molar-refractivity contribution in [3.8, 4) is 11.5 Å². The normalized spacial score (nSPS) is 16.1. The fourth-order valence-corrected chi connectivity index (χ4v) is 3.85. The Kier molecular flexibility index (Phi) is 14.9. The highest BCUT2D eigenvalue weighted by Crippen LogP contribution is 2.24. The molecule has 8 nitrogen and oxygen atoms in total. The van der Waals surface area contributed by atoms with E-state index in [2.05, 4.69) is 39.3 Å². The Morgan fingerprint density at radius 1 is 1.09 bits per heavy atom. The maximum absolute atomic E-state index is 11.1. The predicted molar refractivity (Wildman–Crippen MR) is 143 cm³/mol. The smallest absolute Gasteiger partial charge is 0.305 e. The first-order valence-electron chi connectivity index (χ1n) is 11.6. The number of aliphatic imine (C=N–C) groups is 1. The maximum Gasteiger partial charge on any atom is 0.305 e. The van der Waals surface area contributed by atoms with E-state index >= 15 is 0 Å². The molecule has 188 valence electrons. The number of hydrogen-bond donors (Lipinski definition) is 2. The molecule has 1 saturated heterocycles. The molecule has 1 aliphatic heterocycles. The van der Waals surface area contributed by atoms with Crippen LogP contribution in [0.25, 0.3) is 0 Å². The second-order valence-corrected chi connectivity index (χ2v) is 8.09. The fourth-order valence-electron chi connectivity index (χ4n) is 3.85. The van der Waals surface area contributed by atoms with Crippen LogP contribution in [0.3, 0.4) is 0 Å². The van der Waals surface area contributed by atoms with Crippen LogP contribution in [0.2, 0.25) is 0 Å². The van der Waals surface area contributed by atoms with Gasteiger partial charge in [0.05, 0.1) is 21.3 Å². The number of carbonyl (C=O) groups is 1. The largest absolute Gasteiger partial charge is 0.497 e. The fraction of sp³-hybridized carbons (Fsp3) is 0.667. The van der Waals surface area contributed by atoms with Gasteiger partial charge in [-0.25, -0.2) is 0 Å². The number of benzene rings is 1. The summed E-state index contributed by atoms with van der Waals surface area (Å²) in [5.41, 5.74) is 1.19. The number of esters is 1. The number of guanidine groups is 1. The van der Waals surface area contributed by atoms with Crippen molar-refractivity contribution in [1.82, 2.24) is 15.5 Å². The molecular weight excluding hydrogens is 535 g/mol. The first kappa shape index (κ1) is 29.3. The molecule has 1 aliphatic rings. The van der Waals surface area contributed by atoms with Crippen molar-refractivity contribution in [3.63, 3.8) is 0 Å². The minimum absolute atomic E-state index is 0. The van der Waals surface area contributed by atoms with Crippen molar-refractivity contribution >= 4 is 35.9 Å². The van der Waals surface area contributed by atoms with E-state index < -0.39 is 0 Å². The van der Waals surface area contributed by atoms with E-state index in [1.54, 1.807) is 14.2 Å². The van der Waals surface area contributed by atoms with E-state index in [-0.39, 0.29) is 29.9 Å². The molecule has 0 spiro atoms. The summed E-state index contributed by atoms with van der Waals surface area (Å²) in [7, 11) is 4.79. The molecule has 2 N–H and O–H groups in total. The Morgan fingerprint density at radius 2 is 1.79 bits per heavy atom. The van der Waals surface area contributed by atoms with Gasteiger partial charge in [-0.05, 0) is 43.9 Å². The number of nitrogens with one attached hydrogen (secondary N) is 2. The molecule has 1 aromatic carbocycles. The number of nitrogens with zero attached hydrogens (tertiary/aromatic N) is 2. The van der Waals surface area contributed by atoms with Crippen LogP contribution >= 0.6 is 24.0 Å². The summed E-state index contributed by atoms with van der Waals surface area (Å²) in [5.74, 6) is 2.40. The van der Waals surface area contributed by atoms with Crippen LogP contribution in [0.1, 0.15) is 51.0 Å². The molecule has 1 fully saturated rings. The topological polar surface area (TPSA) is 84.4 Å². The SMILES string of the molecule is CCNC(=NCCCCCCC(=O)OC)NC1CCN(Cc2cc(OC)cc(OC)c2)C1.I. The quantitative estimate of drug-likeness (QED) is 0.122. The van der Waals surface area contributed by atoms with Crippen molar-refractivity contribution in [1.29, 1.82) is 0 Å². The first-order chi connectivity index (χ1) is 15.6. The Hall–Kier alpha value is -1.75.